The number of carbonyl (C=O) groups excluding carboxylic acids is 1. The number of halogens is 1. The van der Waals surface area contributed by atoms with Crippen LogP contribution in [0.15, 0.2) is 36.4 Å². The van der Waals surface area contributed by atoms with E-state index in [0.717, 1.165) is 27.3 Å². The van der Waals surface area contributed by atoms with Crippen LogP contribution in [0.4, 0.5) is 5.69 Å². The Morgan fingerprint density at radius 1 is 1.10 bits per heavy atom. The quantitative estimate of drug-likeness (QED) is 0.708. The van der Waals surface area contributed by atoms with Gasteiger partial charge in [0.1, 0.15) is 11.8 Å². The molecule has 0 aliphatic carbocycles. The van der Waals surface area contributed by atoms with Crippen molar-refractivity contribution in [3.63, 3.8) is 0 Å². The summed E-state index contributed by atoms with van der Waals surface area (Å²) in [6.07, 6.45) is 1.05. The molecular weight excluding hydrogens is 412 g/mol. The summed E-state index contributed by atoms with van der Waals surface area (Å²) in [5, 5.41) is 3.24. The summed E-state index contributed by atoms with van der Waals surface area (Å²) in [6.45, 7) is 7.42. The molecule has 1 N–H and O–H groups in total. The first-order valence-corrected chi connectivity index (χ1v) is 11.4. The Labute approximate surface area is 177 Å². The third-order valence-electron chi connectivity index (χ3n) is 4.86. The minimum Gasteiger partial charge on any atom is -0.495 e. The van der Waals surface area contributed by atoms with Crippen LogP contribution >= 0.6 is 11.6 Å². The highest BCUT2D eigenvalue weighted by Gasteiger charge is 2.32. The number of hydrogen-bond donors (Lipinski definition) is 1. The van der Waals surface area contributed by atoms with Gasteiger partial charge in [-0.05, 0) is 62.6 Å². The number of benzene rings is 2. The largest absolute Gasteiger partial charge is 0.495 e. The van der Waals surface area contributed by atoms with Crippen molar-refractivity contribution in [3.8, 4) is 5.75 Å². The van der Waals surface area contributed by atoms with E-state index in [2.05, 4.69) is 5.32 Å². The van der Waals surface area contributed by atoms with Gasteiger partial charge in [-0.1, -0.05) is 29.8 Å². The topological polar surface area (TPSA) is 75.7 Å². The number of amides is 1. The van der Waals surface area contributed by atoms with Crippen LogP contribution in [-0.2, 0) is 14.8 Å². The first-order valence-electron chi connectivity index (χ1n) is 9.16. The molecule has 0 unspecified atom stereocenters. The summed E-state index contributed by atoms with van der Waals surface area (Å²) in [7, 11) is -2.36. The second-order valence-electron chi connectivity index (χ2n) is 7.12. The van der Waals surface area contributed by atoms with Crippen LogP contribution in [0, 0.1) is 13.8 Å². The number of rotatable bonds is 7. The lowest BCUT2D eigenvalue weighted by atomic mass is 10.0. The summed E-state index contributed by atoms with van der Waals surface area (Å²) in [5.41, 5.74) is 3.44. The monoisotopic (exact) mass is 438 g/mol. The average molecular weight is 439 g/mol. The zero-order valence-corrected chi connectivity index (χ0v) is 19.1. The fraction of sp³-hybridized carbons (Fsp3) is 0.381. The molecule has 2 aromatic carbocycles. The Hall–Kier alpha value is -2.25. The molecule has 158 valence electrons. The van der Waals surface area contributed by atoms with Crippen molar-refractivity contribution >= 4 is 33.2 Å². The molecule has 0 saturated carbocycles. The van der Waals surface area contributed by atoms with Crippen molar-refractivity contribution in [2.75, 3.05) is 17.7 Å². The molecule has 8 heteroatoms. The molecule has 0 radical (unpaired) electrons. The van der Waals surface area contributed by atoms with E-state index in [1.807, 2.05) is 39.0 Å². The van der Waals surface area contributed by atoms with E-state index in [1.165, 1.54) is 20.1 Å². The van der Waals surface area contributed by atoms with E-state index in [4.69, 9.17) is 16.3 Å². The summed E-state index contributed by atoms with van der Waals surface area (Å²) in [6, 6.07) is 9.30. The molecule has 29 heavy (non-hydrogen) atoms. The summed E-state index contributed by atoms with van der Waals surface area (Å²) < 4.78 is 31.4. The number of carbonyl (C=O) groups is 1. The second-order valence-corrected chi connectivity index (χ2v) is 9.42. The Balaban J connectivity index is 2.34. The third-order valence-corrected chi connectivity index (χ3v) is 6.32. The van der Waals surface area contributed by atoms with E-state index in [0.29, 0.717) is 10.8 Å². The molecule has 2 rings (SSSR count). The van der Waals surface area contributed by atoms with Gasteiger partial charge in [-0.15, -0.1) is 0 Å². The zero-order chi connectivity index (χ0) is 21.9. The van der Waals surface area contributed by atoms with Gasteiger partial charge in [0.15, 0.2) is 0 Å². The standard InChI is InChI=1S/C21H27ClN2O4S/c1-13-7-8-17(11-14(13)2)15(3)23-21(25)16(4)24(29(6,26)27)19-12-18(22)9-10-20(19)28-5/h7-12,15-16H,1-6H3,(H,23,25)/t15-,16+/m1/s1. The van der Waals surface area contributed by atoms with Gasteiger partial charge in [-0.25, -0.2) is 8.42 Å². The van der Waals surface area contributed by atoms with Crippen molar-refractivity contribution in [2.24, 2.45) is 0 Å². The van der Waals surface area contributed by atoms with Crippen LogP contribution in [0.25, 0.3) is 0 Å². The molecule has 0 fully saturated rings. The fourth-order valence-electron chi connectivity index (χ4n) is 3.07. The molecule has 0 aromatic heterocycles. The summed E-state index contributed by atoms with van der Waals surface area (Å²) in [5.74, 6) is -0.120. The molecule has 0 spiro atoms. The second kappa shape index (κ2) is 9.05. The smallest absolute Gasteiger partial charge is 0.244 e. The van der Waals surface area contributed by atoms with Crippen molar-refractivity contribution < 1.29 is 17.9 Å². The SMILES string of the molecule is COc1ccc(Cl)cc1N([C@@H](C)C(=O)N[C@H](C)c1ccc(C)c(C)c1)S(C)(=O)=O. The van der Waals surface area contributed by atoms with E-state index in [9.17, 15) is 13.2 Å². The lowest BCUT2D eigenvalue weighted by Crippen LogP contribution is -2.48. The zero-order valence-electron chi connectivity index (χ0n) is 17.5. The maximum atomic E-state index is 12.9. The Morgan fingerprint density at radius 2 is 1.76 bits per heavy atom. The van der Waals surface area contributed by atoms with Crippen molar-refractivity contribution in [2.45, 2.75) is 39.8 Å². The molecule has 0 heterocycles. The first kappa shape index (κ1) is 23.0. The number of anilines is 1. The number of aryl methyl sites for hydroxylation is 2. The van der Waals surface area contributed by atoms with E-state index < -0.39 is 22.0 Å². The number of methoxy groups -OCH3 is 1. The Bertz CT molecular complexity index is 1010. The molecule has 0 saturated heterocycles. The van der Waals surface area contributed by atoms with Gasteiger partial charge in [0.25, 0.3) is 0 Å². The van der Waals surface area contributed by atoms with E-state index in [-0.39, 0.29) is 11.7 Å². The van der Waals surface area contributed by atoms with Crippen molar-refractivity contribution in [1.29, 1.82) is 0 Å². The number of hydrogen-bond acceptors (Lipinski definition) is 4. The number of nitrogens with zero attached hydrogens (tertiary/aromatic N) is 1. The molecule has 6 nitrogen and oxygen atoms in total. The summed E-state index contributed by atoms with van der Waals surface area (Å²) in [4.78, 5) is 12.9. The van der Waals surface area contributed by atoms with Crippen LogP contribution in [0.1, 0.15) is 36.6 Å². The molecule has 1 amide bonds. The predicted octanol–water partition coefficient (Wildman–Crippen LogP) is 4.00. The van der Waals surface area contributed by atoms with Crippen molar-refractivity contribution in [1.82, 2.24) is 5.32 Å². The number of sulfonamides is 1. The lowest BCUT2D eigenvalue weighted by Gasteiger charge is -2.30. The average Bonchev–Trinajstić information content (AvgIpc) is 2.63. The first-order chi connectivity index (χ1) is 13.5. The highest BCUT2D eigenvalue weighted by atomic mass is 35.5. The molecule has 0 aliphatic heterocycles. The molecule has 2 atom stereocenters. The highest BCUT2D eigenvalue weighted by molar-refractivity contribution is 7.92. The number of ether oxygens (including phenoxy) is 1. The van der Waals surface area contributed by atoms with Gasteiger partial charge in [0, 0.05) is 5.02 Å². The van der Waals surface area contributed by atoms with Crippen LogP contribution in [0.2, 0.25) is 5.02 Å². The van der Waals surface area contributed by atoms with E-state index >= 15 is 0 Å². The Kier molecular flexibility index (Phi) is 7.19. The third kappa shape index (κ3) is 5.42. The van der Waals surface area contributed by atoms with Gasteiger partial charge in [-0.2, -0.15) is 0 Å². The van der Waals surface area contributed by atoms with Crippen molar-refractivity contribution in [3.05, 3.63) is 58.1 Å². The predicted molar refractivity (Wildman–Crippen MR) is 117 cm³/mol. The maximum Gasteiger partial charge on any atom is 0.244 e. The van der Waals surface area contributed by atoms with Crippen LogP contribution in [-0.4, -0.2) is 33.7 Å². The molecule has 0 bridgehead atoms. The van der Waals surface area contributed by atoms with Crippen LogP contribution in [0.5, 0.6) is 5.75 Å². The van der Waals surface area contributed by atoms with Gasteiger partial charge in [-0.3, -0.25) is 9.10 Å². The fourth-order valence-corrected chi connectivity index (χ4v) is 4.40. The minimum atomic E-state index is -3.79. The van der Waals surface area contributed by atoms with Crippen LogP contribution in [0.3, 0.4) is 0 Å². The normalized spacial score (nSPS) is 13.5. The van der Waals surface area contributed by atoms with Gasteiger partial charge < -0.3 is 10.1 Å². The Morgan fingerprint density at radius 3 is 2.31 bits per heavy atom. The maximum absolute atomic E-state index is 12.9. The summed E-state index contributed by atoms with van der Waals surface area (Å²) >= 11 is 6.07. The number of nitrogens with one attached hydrogen (secondary N) is 1. The lowest BCUT2D eigenvalue weighted by molar-refractivity contribution is -0.122. The van der Waals surface area contributed by atoms with Crippen LogP contribution < -0.4 is 14.4 Å². The van der Waals surface area contributed by atoms with E-state index in [1.54, 1.807) is 12.1 Å². The molecule has 0 aliphatic rings. The minimum absolute atomic E-state index is 0.212. The van der Waals surface area contributed by atoms with Gasteiger partial charge in [0.05, 0.1) is 25.1 Å². The molecular formula is C21H27ClN2O4S. The van der Waals surface area contributed by atoms with Gasteiger partial charge in [0.2, 0.25) is 15.9 Å². The highest BCUT2D eigenvalue weighted by Crippen LogP contribution is 2.34. The molecule has 2 aromatic rings. The van der Waals surface area contributed by atoms with Gasteiger partial charge >= 0.3 is 0 Å².